The molecule has 0 fully saturated rings. The number of anilines is 1. The summed E-state index contributed by atoms with van der Waals surface area (Å²) in [4.78, 5) is 41.1. The normalized spacial score (nSPS) is 12.1. The van der Waals surface area contributed by atoms with E-state index in [-0.39, 0.29) is 5.92 Å². The third-order valence-electron chi connectivity index (χ3n) is 4.35. The smallest absolute Gasteiger partial charge is 0.329 e. The van der Waals surface area contributed by atoms with Gasteiger partial charge >= 0.3 is 5.69 Å². The molecule has 0 bridgehead atoms. The first-order valence-electron chi connectivity index (χ1n) is 8.61. The molecular weight excluding hydrogens is 346 g/mol. The number of ether oxygens (including phenoxy) is 1. The molecule has 2 aromatic carbocycles. The summed E-state index contributed by atoms with van der Waals surface area (Å²) in [5.74, 6) is -0.133. The molecule has 0 radical (unpaired) electrons. The van der Waals surface area contributed by atoms with E-state index in [1.54, 1.807) is 62.4 Å². The second kappa shape index (κ2) is 7.49. The van der Waals surface area contributed by atoms with Crippen LogP contribution in [-0.2, 0) is 4.79 Å². The van der Waals surface area contributed by atoms with Gasteiger partial charge in [0, 0.05) is 11.8 Å². The van der Waals surface area contributed by atoms with E-state index in [9.17, 15) is 14.4 Å². The number of nitrogens with zero attached hydrogens (tertiary/aromatic N) is 1. The molecule has 1 heterocycles. The second-order valence-corrected chi connectivity index (χ2v) is 6.56. The molecule has 0 saturated carbocycles. The first-order valence-corrected chi connectivity index (χ1v) is 8.61. The van der Waals surface area contributed by atoms with E-state index in [0.29, 0.717) is 22.3 Å². The molecule has 140 valence electrons. The SMILES string of the molecule is COc1cccc(NC(=O)[C@@H](C(C)C)n2c(=O)[nH]c3ccccc3c2=O)c1. The van der Waals surface area contributed by atoms with Crippen molar-refractivity contribution in [1.82, 2.24) is 9.55 Å². The number of benzene rings is 2. The number of amides is 1. The monoisotopic (exact) mass is 367 g/mol. The Morgan fingerprint density at radius 2 is 1.85 bits per heavy atom. The lowest BCUT2D eigenvalue weighted by Gasteiger charge is -2.22. The van der Waals surface area contributed by atoms with E-state index in [1.807, 2.05) is 0 Å². The van der Waals surface area contributed by atoms with Crippen molar-refractivity contribution in [2.75, 3.05) is 12.4 Å². The summed E-state index contributed by atoms with van der Waals surface area (Å²) in [5, 5.41) is 3.13. The Bertz CT molecular complexity index is 1100. The van der Waals surface area contributed by atoms with E-state index in [1.165, 1.54) is 7.11 Å². The number of hydrogen-bond acceptors (Lipinski definition) is 4. The maximum Gasteiger partial charge on any atom is 0.329 e. The van der Waals surface area contributed by atoms with Gasteiger partial charge in [-0.3, -0.25) is 9.59 Å². The van der Waals surface area contributed by atoms with Crippen LogP contribution in [0, 0.1) is 5.92 Å². The molecule has 7 nitrogen and oxygen atoms in total. The minimum Gasteiger partial charge on any atom is -0.497 e. The average molecular weight is 367 g/mol. The van der Waals surface area contributed by atoms with Crippen molar-refractivity contribution in [3.05, 3.63) is 69.4 Å². The summed E-state index contributed by atoms with van der Waals surface area (Å²) in [5.41, 5.74) is -0.137. The maximum atomic E-state index is 12.9. The zero-order valence-electron chi connectivity index (χ0n) is 15.4. The Hall–Kier alpha value is -3.35. The zero-order chi connectivity index (χ0) is 19.6. The highest BCUT2D eigenvalue weighted by atomic mass is 16.5. The summed E-state index contributed by atoms with van der Waals surface area (Å²) in [6.07, 6.45) is 0. The van der Waals surface area contributed by atoms with Crippen LogP contribution < -0.4 is 21.3 Å². The van der Waals surface area contributed by atoms with Crippen molar-refractivity contribution in [3.8, 4) is 5.75 Å². The first-order chi connectivity index (χ1) is 12.9. The number of nitrogens with one attached hydrogen (secondary N) is 2. The van der Waals surface area contributed by atoms with Crippen LogP contribution in [0.2, 0.25) is 0 Å². The molecule has 0 spiro atoms. The van der Waals surface area contributed by atoms with E-state index >= 15 is 0 Å². The first kappa shape index (κ1) is 18.4. The fraction of sp³-hybridized carbons (Fsp3) is 0.250. The minimum atomic E-state index is -0.961. The van der Waals surface area contributed by atoms with Crippen LogP contribution in [0.25, 0.3) is 10.9 Å². The minimum absolute atomic E-state index is 0.282. The predicted molar refractivity (Wildman–Crippen MR) is 104 cm³/mol. The molecule has 2 N–H and O–H groups in total. The molecule has 1 amide bonds. The van der Waals surface area contributed by atoms with E-state index in [0.717, 1.165) is 4.57 Å². The van der Waals surface area contributed by atoms with Crippen LogP contribution >= 0.6 is 0 Å². The summed E-state index contributed by atoms with van der Waals surface area (Å²) >= 11 is 0. The lowest BCUT2D eigenvalue weighted by Crippen LogP contribution is -2.44. The van der Waals surface area contributed by atoms with Gasteiger partial charge in [0.05, 0.1) is 18.0 Å². The molecule has 0 aliphatic carbocycles. The van der Waals surface area contributed by atoms with Gasteiger partial charge in [-0.25, -0.2) is 9.36 Å². The Balaban J connectivity index is 2.06. The van der Waals surface area contributed by atoms with Crippen molar-refractivity contribution in [2.45, 2.75) is 19.9 Å². The fourth-order valence-electron chi connectivity index (χ4n) is 3.06. The Kier molecular flexibility index (Phi) is 5.12. The number of H-pyrrole nitrogens is 1. The second-order valence-electron chi connectivity index (χ2n) is 6.56. The van der Waals surface area contributed by atoms with Gasteiger partial charge in [-0.2, -0.15) is 0 Å². The van der Waals surface area contributed by atoms with Gasteiger partial charge in [0.2, 0.25) is 5.91 Å². The van der Waals surface area contributed by atoms with Crippen molar-refractivity contribution >= 4 is 22.5 Å². The molecule has 0 aliphatic heterocycles. The highest BCUT2D eigenvalue weighted by Crippen LogP contribution is 2.21. The van der Waals surface area contributed by atoms with E-state index < -0.39 is 23.2 Å². The molecule has 0 unspecified atom stereocenters. The summed E-state index contributed by atoms with van der Waals surface area (Å²) in [6, 6.07) is 12.7. The van der Waals surface area contributed by atoms with Gasteiger partial charge in [-0.15, -0.1) is 0 Å². The predicted octanol–water partition coefficient (Wildman–Crippen LogP) is 2.53. The number of rotatable bonds is 5. The number of carbonyl (C=O) groups is 1. The van der Waals surface area contributed by atoms with Gasteiger partial charge < -0.3 is 15.0 Å². The largest absolute Gasteiger partial charge is 0.497 e. The number of hydrogen-bond donors (Lipinski definition) is 2. The highest BCUT2D eigenvalue weighted by Gasteiger charge is 2.28. The van der Waals surface area contributed by atoms with Gasteiger partial charge in [0.1, 0.15) is 11.8 Å². The van der Waals surface area contributed by atoms with Crippen LogP contribution in [0.4, 0.5) is 5.69 Å². The van der Waals surface area contributed by atoms with Gasteiger partial charge in [-0.1, -0.05) is 32.0 Å². The standard InChI is InChI=1S/C20H21N3O4/c1-12(2)17(18(24)21-13-7-6-8-14(11-13)27-3)23-19(25)15-9-4-5-10-16(15)22-20(23)26/h4-12,17H,1-3H3,(H,21,24)(H,22,26)/t17-/m1/s1. The van der Waals surface area contributed by atoms with Crippen molar-refractivity contribution in [2.24, 2.45) is 5.92 Å². The maximum absolute atomic E-state index is 12.9. The summed E-state index contributed by atoms with van der Waals surface area (Å²) < 4.78 is 6.14. The van der Waals surface area contributed by atoms with Crippen molar-refractivity contribution in [1.29, 1.82) is 0 Å². The Labute approximate surface area is 155 Å². The van der Waals surface area contributed by atoms with Crippen LogP contribution in [0.15, 0.2) is 58.1 Å². The number of aromatic amines is 1. The Morgan fingerprint density at radius 1 is 1.11 bits per heavy atom. The molecule has 1 aromatic heterocycles. The molecule has 3 aromatic rings. The third-order valence-corrected chi connectivity index (χ3v) is 4.35. The van der Waals surface area contributed by atoms with Crippen LogP contribution in [-0.4, -0.2) is 22.6 Å². The highest BCUT2D eigenvalue weighted by molar-refractivity contribution is 5.94. The summed E-state index contributed by atoms with van der Waals surface area (Å²) in [6.45, 7) is 3.58. The Morgan fingerprint density at radius 3 is 2.56 bits per heavy atom. The van der Waals surface area contributed by atoms with E-state index in [2.05, 4.69) is 10.3 Å². The quantitative estimate of drug-likeness (QED) is 0.725. The van der Waals surface area contributed by atoms with Gasteiger partial charge in [-0.05, 0) is 30.2 Å². The third kappa shape index (κ3) is 3.62. The van der Waals surface area contributed by atoms with Gasteiger partial charge in [0.15, 0.2) is 0 Å². The number of fused-ring (bicyclic) bond motifs is 1. The summed E-state index contributed by atoms with van der Waals surface area (Å²) in [7, 11) is 1.53. The van der Waals surface area contributed by atoms with Crippen LogP contribution in [0.3, 0.4) is 0 Å². The number of aromatic nitrogens is 2. The van der Waals surface area contributed by atoms with Crippen LogP contribution in [0.1, 0.15) is 19.9 Å². The number of methoxy groups -OCH3 is 1. The molecule has 1 atom stereocenters. The molecular formula is C20H21N3O4. The van der Waals surface area contributed by atoms with Crippen LogP contribution in [0.5, 0.6) is 5.75 Å². The van der Waals surface area contributed by atoms with Crippen molar-refractivity contribution < 1.29 is 9.53 Å². The average Bonchev–Trinajstić information content (AvgIpc) is 2.64. The molecule has 27 heavy (non-hydrogen) atoms. The molecule has 7 heteroatoms. The van der Waals surface area contributed by atoms with Crippen molar-refractivity contribution in [3.63, 3.8) is 0 Å². The number of carbonyl (C=O) groups excluding carboxylic acids is 1. The topological polar surface area (TPSA) is 93.2 Å². The zero-order valence-corrected chi connectivity index (χ0v) is 15.4. The lowest BCUT2D eigenvalue weighted by molar-refractivity contribution is -0.120. The van der Waals surface area contributed by atoms with Gasteiger partial charge in [0.25, 0.3) is 5.56 Å². The van der Waals surface area contributed by atoms with E-state index in [4.69, 9.17) is 4.74 Å². The molecule has 0 aliphatic rings. The molecule has 3 rings (SSSR count). The molecule has 0 saturated heterocycles. The lowest BCUT2D eigenvalue weighted by atomic mass is 10.0. The number of para-hydroxylation sites is 1. The fourth-order valence-corrected chi connectivity index (χ4v) is 3.06.